The van der Waals surface area contributed by atoms with Gasteiger partial charge in [-0.2, -0.15) is 0 Å². The van der Waals surface area contributed by atoms with E-state index in [-0.39, 0.29) is 0 Å². The average Bonchev–Trinajstić information content (AvgIpc) is 2.15. The van der Waals surface area contributed by atoms with Gasteiger partial charge in [0.05, 0.1) is 7.11 Å². The molecule has 0 N–H and O–H groups in total. The first-order chi connectivity index (χ1) is 6.56. The molecule has 0 aromatic heterocycles. The van der Waals surface area contributed by atoms with E-state index in [1.54, 1.807) is 18.2 Å². The molecule has 0 amide bonds. The van der Waals surface area contributed by atoms with Crippen LogP contribution in [0.25, 0.3) is 0 Å². The minimum Gasteiger partial charge on any atom is -0.463 e. The van der Waals surface area contributed by atoms with Crippen LogP contribution < -0.4 is 0 Å². The summed E-state index contributed by atoms with van der Waals surface area (Å²) in [5, 5.41) is 0. The van der Waals surface area contributed by atoms with Crippen LogP contribution in [0.15, 0.2) is 27.1 Å². The summed E-state index contributed by atoms with van der Waals surface area (Å²) >= 11 is 6.43. The predicted molar refractivity (Wildman–Crippen MR) is 58.2 cm³/mol. The molecule has 0 heterocycles. The van der Waals surface area contributed by atoms with Crippen molar-refractivity contribution in [1.29, 1.82) is 0 Å². The first kappa shape index (κ1) is 11.4. The molecule has 0 atom stereocenters. The fraction of sp³-hybridized carbons (Fsp3) is 0.111. The number of Topliss-reactive ketones (excluding diaryl/α,β-unsaturated/α-hetero) is 1. The number of hydrogen-bond donors (Lipinski definition) is 0. The van der Waals surface area contributed by atoms with Gasteiger partial charge in [0.15, 0.2) is 0 Å². The minimum absolute atomic E-state index is 0.292. The Balaban J connectivity index is 3.08. The van der Waals surface area contributed by atoms with E-state index in [0.29, 0.717) is 10.0 Å². The van der Waals surface area contributed by atoms with E-state index in [0.717, 1.165) is 4.47 Å². The molecule has 0 aliphatic heterocycles. The lowest BCUT2D eigenvalue weighted by Gasteiger charge is -2.02. The number of hydrogen-bond acceptors (Lipinski definition) is 3. The summed E-state index contributed by atoms with van der Waals surface area (Å²) in [6, 6.07) is 4.92. The van der Waals surface area contributed by atoms with Crippen molar-refractivity contribution in [3.05, 3.63) is 32.7 Å². The molecule has 0 radical (unpaired) electrons. The number of carbonyl (C=O) groups is 2. The lowest BCUT2D eigenvalue weighted by Crippen LogP contribution is -2.16. The summed E-state index contributed by atoms with van der Waals surface area (Å²) in [5.74, 6) is -1.53. The fourth-order valence-corrected chi connectivity index (χ4v) is 2.10. The Labute approximate surface area is 97.7 Å². The molecule has 0 spiro atoms. The fourth-order valence-electron chi connectivity index (χ4n) is 0.876. The van der Waals surface area contributed by atoms with Gasteiger partial charge in [0.2, 0.25) is 0 Å². The normalized spacial score (nSPS) is 9.64. The van der Waals surface area contributed by atoms with Gasteiger partial charge in [-0.3, -0.25) is 4.79 Å². The monoisotopic (exact) mass is 320 g/mol. The second-order valence-corrected chi connectivity index (χ2v) is 4.21. The van der Waals surface area contributed by atoms with Gasteiger partial charge >= 0.3 is 5.97 Å². The Hall–Kier alpha value is -0.680. The van der Waals surface area contributed by atoms with E-state index < -0.39 is 11.8 Å². The Morgan fingerprint density at radius 3 is 2.43 bits per heavy atom. The highest BCUT2D eigenvalue weighted by molar-refractivity contribution is 9.11. The largest absolute Gasteiger partial charge is 0.463 e. The van der Waals surface area contributed by atoms with Crippen molar-refractivity contribution in [2.45, 2.75) is 0 Å². The van der Waals surface area contributed by atoms with Crippen molar-refractivity contribution in [2.75, 3.05) is 7.11 Å². The van der Waals surface area contributed by atoms with Crippen LogP contribution in [0.5, 0.6) is 0 Å². The summed E-state index contributed by atoms with van der Waals surface area (Å²) in [5.41, 5.74) is 0.292. The molecule has 14 heavy (non-hydrogen) atoms. The van der Waals surface area contributed by atoms with Crippen LogP contribution >= 0.6 is 31.9 Å². The van der Waals surface area contributed by atoms with Crippen molar-refractivity contribution in [3.63, 3.8) is 0 Å². The van der Waals surface area contributed by atoms with Crippen LogP contribution in [0.3, 0.4) is 0 Å². The van der Waals surface area contributed by atoms with Crippen molar-refractivity contribution in [2.24, 2.45) is 0 Å². The SMILES string of the molecule is COC(=O)C(=O)c1ccc(Br)cc1Br. The Morgan fingerprint density at radius 1 is 1.29 bits per heavy atom. The zero-order chi connectivity index (χ0) is 10.7. The number of ether oxygens (including phenoxy) is 1. The molecule has 3 nitrogen and oxygen atoms in total. The van der Waals surface area contributed by atoms with Gasteiger partial charge in [0, 0.05) is 14.5 Å². The van der Waals surface area contributed by atoms with Gasteiger partial charge in [-0.25, -0.2) is 4.79 Å². The summed E-state index contributed by atoms with van der Waals surface area (Å²) in [6.07, 6.45) is 0. The van der Waals surface area contributed by atoms with Crippen LogP contribution in [0.1, 0.15) is 10.4 Å². The molecule has 0 saturated carbocycles. The Morgan fingerprint density at radius 2 is 1.93 bits per heavy atom. The average molecular weight is 322 g/mol. The highest BCUT2D eigenvalue weighted by atomic mass is 79.9. The molecule has 1 aromatic rings. The molecular formula is C9H6Br2O3. The van der Waals surface area contributed by atoms with Gasteiger partial charge in [0.25, 0.3) is 5.78 Å². The standard InChI is InChI=1S/C9H6Br2O3/c1-14-9(13)8(12)6-3-2-5(10)4-7(6)11/h2-4H,1H3. The lowest BCUT2D eigenvalue weighted by molar-refractivity contribution is -0.135. The van der Waals surface area contributed by atoms with Gasteiger partial charge in [0.1, 0.15) is 0 Å². The van der Waals surface area contributed by atoms with E-state index in [4.69, 9.17) is 0 Å². The van der Waals surface area contributed by atoms with Crippen molar-refractivity contribution in [1.82, 2.24) is 0 Å². The third kappa shape index (κ3) is 2.42. The summed E-state index contributed by atoms with van der Waals surface area (Å²) in [4.78, 5) is 22.3. The Kier molecular flexibility index (Phi) is 3.83. The van der Waals surface area contributed by atoms with Crippen molar-refractivity contribution in [3.8, 4) is 0 Å². The summed E-state index contributed by atoms with van der Waals surface area (Å²) in [6.45, 7) is 0. The van der Waals surface area contributed by atoms with E-state index >= 15 is 0 Å². The molecule has 5 heteroatoms. The molecule has 74 valence electrons. The van der Waals surface area contributed by atoms with E-state index in [1.165, 1.54) is 7.11 Å². The third-order valence-electron chi connectivity index (χ3n) is 1.55. The number of methoxy groups -OCH3 is 1. The minimum atomic E-state index is -0.868. The number of ketones is 1. The van der Waals surface area contributed by atoms with Crippen molar-refractivity contribution >= 4 is 43.6 Å². The van der Waals surface area contributed by atoms with Crippen LogP contribution in [0.2, 0.25) is 0 Å². The van der Waals surface area contributed by atoms with Crippen LogP contribution in [-0.4, -0.2) is 18.9 Å². The predicted octanol–water partition coefficient (Wildman–Crippen LogP) is 2.57. The Bertz CT molecular complexity index is 388. The maximum atomic E-state index is 11.4. The number of esters is 1. The molecule has 0 bridgehead atoms. The molecule has 1 aromatic carbocycles. The van der Waals surface area contributed by atoms with Crippen LogP contribution in [0, 0.1) is 0 Å². The van der Waals surface area contributed by atoms with Gasteiger partial charge in [-0.1, -0.05) is 15.9 Å². The first-order valence-corrected chi connectivity index (χ1v) is 5.22. The number of rotatable bonds is 2. The zero-order valence-electron chi connectivity index (χ0n) is 7.21. The second kappa shape index (κ2) is 4.70. The van der Waals surface area contributed by atoms with Gasteiger partial charge < -0.3 is 4.74 Å². The summed E-state index contributed by atoms with van der Waals surface area (Å²) in [7, 11) is 1.17. The highest BCUT2D eigenvalue weighted by Gasteiger charge is 2.19. The molecular weight excluding hydrogens is 316 g/mol. The van der Waals surface area contributed by atoms with E-state index in [9.17, 15) is 9.59 Å². The number of halogens is 2. The van der Waals surface area contributed by atoms with E-state index in [2.05, 4.69) is 36.6 Å². The molecule has 0 aliphatic rings. The molecule has 0 aliphatic carbocycles. The van der Waals surface area contributed by atoms with E-state index in [1.807, 2.05) is 0 Å². The highest BCUT2D eigenvalue weighted by Crippen LogP contribution is 2.22. The molecule has 1 rings (SSSR count). The zero-order valence-corrected chi connectivity index (χ0v) is 10.4. The molecule has 0 fully saturated rings. The number of carbonyl (C=O) groups excluding carboxylic acids is 2. The third-order valence-corrected chi connectivity index (χ3v) is 2.70. The summed E-state index contributed by atoms with van der Waals surface area (Å²) < 4.78 is 5.71. The number of benzene rings is 1. The maximum Gasteiger partial charge on any atom is 0.379 e. The van der Waals surface area contributed by atoms with Gasteiger partial charge in [-0.15, -0.1) is 0 Å². The first-order valence-electron chi connectivity index (χ1n) is 3.64. The van der Waals surface area contributed by atoms with Crippen LogP contribution in [-0.2, 0) is 9.53 Å². The maximum absolute atomic E-state index is 11.4. The quantitative estimate of drug-likeness (QED) is 0.477. The smallest absolute Gasteiger partial charge is 0.379 e. The van der Waals surface area contributed by atoms with Gasteiger partial charge in [-0.05, 0) is 34.1 Å². The van der Waals surface area contributed by atoms with Crippen molar-refractivity contribution < 1.29 is 14.3 Å². The second-order valence-electron chi connectivity index (χ2n) is 2.44. The topological polar surface area (TPSA) is 43.4 Å². The molecule has 0 saturated heterocycles. The lowest BCUT2D eigenvalue weighted by atomic mass is 10.1. The van der Waals surface area contributed by atoms with Crippen LogP contribution in [0.4, 0.5) is 0 Å². The molecule has 0 unspecified atom stereocenters.